The van der Waals surface area contributed by atoms with E-state index in [0.717, 1.165) is 5.82 Å². The monoisotopic (exact) mass is 300 g/mol. The van der Waals surface area contributed by atoms with Gasteiger partial charge in [-0.25, -0.2) is 9.97 Å². The Morgan fingerprint density at radius 1 is 1.26 bits per heavy atom. The third kappa shape index (κ3) is 3.48. The van der Waals surface area contributed by atoms with Crippen molar-refractivity contribution >= 4 is 34.8 Å². The van der Waals surface area contributed by atoms with E-state index < -0.39 is 0 Å². The number of aromatic nitrogens is 4. The quantitative estimate of drug-likeness (QED) is 0.886. The predicted octanol–water partition coefficient (Wildman–Crippen LogP) is 2.21. The van der Waals surface area contributed by atoms with Crippen molar-refractivity contribution in [3.8, 4) is 0 Å². The lowest BCUT2D eigenvalue weighted by Crippen LogP contribution is -2.09. The van der Waals surface area contributed by atoms with Gasteiger partial charge in [0.25, 0.3) is 0 Å². The summed E-state index contributed by atoms with van der Waals surface area (Å²) in [5.41, 5.74) is 0. The molecule has 0 aliphatic heterocycles. The summed E-state index contributed by atoms with van der Waals surface area (Å²) < 4.78 is 1.67. The number of aryl methyl sites for hydroxylation is 1. The summed E-state index contributed by atoms with van der Waals surface area (Å²) in [6.45, 7) is 0.640. The third-order valence-electron chi connectivity index (χ3n) is 2.45. The van der Waals surface area contributed by atoms with Crippen LogP contribution in [0.3, 0.4) is 0 Å². The summed E-state index contributed by atoms with van der Waals surface area (Å²) in [5.74, 6) is 1.95. The molecule has 0 fully saturated rings. The number of hydrogen-bond donors (Lipinski definition) is 2. The molecule has 2 N–H and O–H groups in total. The maximum atomic E-state index is 6.07. The molecule has 0 unspecified atom stereocenters. The van der Waals surface area contributed by atoms with Crippen LogP contribution in [0.1, 0.15) is 5.82 Å². The van der Waals surface area contributed by atoms with E-state index in [1.165, 1.54) is 0 Å². The zero-order valence-corrected chi connectivity index (χ0v) is 12.1. The van der Waals surface area contributed by atoms with Gasteiger partial charge in [-0.15, -0.1) is 0 Å². The van der Waals surface area contributed by atoms with Crippen molar-refractivity contribution in [3.63, 3.8) is 0 Å². The number of hydrogen-bond acceptors (Lipinski definition) is 5. The van der Waals surface area contributed by atoms with Gasteiger partial charge >= 0.3 is 0 Å². The third-order valence-corrected chi connectivity index (χ3v) is 3.03. The van der Waals surface area contributed by atoms with E-state index in [-0.39, 0.29) is 0 Å². The summed E-state index contributed by atoms with van der Waals surface area (Å²) in [4.78, 5) is 8.44. The fourth-order valence-electron chi connectivity index (χ4n) is 1.56. The van der Waals surface area contributed by atoms with Crippen LogP contribution in [0.2, 0.25) is 10.0 Å². The van der Waals surface area contributed by atoms with Crippen molar-refractivity contribution in [2.75, 3.05) is 24.2 Å². The minimum absolute atomic E-state index is 0.484. The van der Waals surface area contributed by atoms with Gasteiger partial charge < -0.3 is 10.6 Å². The van der Waals surface area contributed by atoms with E-state index in [2.05, 4.69) is 25.7 Å². The van der Waals surface area contributed by atoms with E-state index in [1.807, 2.05) is 7.05 Å². The second-order valence-electron chi connectivity index (χ2n) is 3.91. The van der Waals surface area contributed by atoms with Crippen LogP contribution in [0.5, 0.6) is 0 Å². The van der Waals surface area contributed by atoms with Crippen LogP contribution in [0.4, 0.5) is 11.6 Å². The topological polar surface area (TPSA) is 67.7 Å². The molecule has 0 aliphatic rings. The second kappa shape index (κ2) is 6.08. The van der Waals surface area contributed by atoms with Gasteiger partial charge in [-0.05, 0) is 6.07 Å². The van der Waals surface area contributed by atoms with E-state index in [1.54, 1.807) is 24.1 Å². The lowest BCUT2D eigenvalue weighted by molar-refractivity contribution is 0.742. The first-order chi connectivity index (χ1) is 9.10. The van der Waals surface area contributed by atoms with Gasteiger partial charge in [0, 0.05) is 27.1 Å². The second-order valence-corrected chi connectivity index (χ2v) is 4.72. The zero-order chi connectivity index (χ0) is 13.8. The average Bonchev–Trinajstić information content (AvgIpc) is 2.78. The van der Waals surface area contributed by atoms with Crippen molar-refractivity contribution in [1.29, 1.82) is 0 Å². The molecule has 0 amide bonds. The molecule has 0 aliphatic carbocycles. The first-order valence-corrected chi connectivity index (χ1v) is 6.48. The number of anilines is 2. The molecule has 6 nitrogen and oxygen atoms in total. The first-order valence-electron chi connectivity index (χ1n) is 5.72. The molecule has 0 saturated heterocycles. The highest BCUT2D eigenvalue weighted by atomic mass is 35.5. The Balaban J connectivity index is 1.99. The normalized spacial score (nSPS) is 10.5. The highest BCUT2D eigenvalue weighted by Gasteiger charge is 2.08. The molecule has 0 atom stereocenters. The van der Waals surface area contributed by atoms with Gasteiger partial charge in [-0.2, -0.15) is 5.10 Å². The van der Waals surface area contributed by atoms with Crippen LogP contribution < -0.4 is 10.6 Å². The molecule has 0 bridgehead atoms. The zero-order valence-electron chi connectivity index (χ0n) is 10.6. The van der Waals surface area contributed by atoms with Crippen molar-refractivity contribution in [2.45, 2.75) is 6.42 Å². The van der Waals surface area contributed by atoms with Crippen molar-refractivity contribution in [2.24, 2.45) is 7.05 Å². The molecule has 0 radical (unpaired) electrons. The van der Waals surface area contributed by atoms with E-state index >= 15 is 0 Å². The Kier molecular flexibility index (Phi) is 4.44. The van der Waals surface area contributed by atoms with Crippen LogP contribution in [-0.4, -0.2) is 33.3 Å². The maximum Gasteiger partial charge on any atom is 0.152 e. The van der Waals surface area contributed by atoms with Crippen molar-refractivity contribution in [3.05, 3.63) is 28.3 Å². The summed E-state index contributed by atoms with van der Waals surface area (Å²) in [6, 6.07) is 1.66. The lowest BCUT2D eigenvalue weighted by Gasteiger charge is -2.10. The van der Waals surface area contributed by atoms with Crippen LogP contribution in [0.15, 0.2) is 12.4 Å². The van der Waals surface area contributed by atoms with Crippen molar-refractivity contribution < 1.29 is 0 Å². The number of nitrogens with zero attached hydrogens (tertiary/aromatic N) is 4. The lowest BCUT2D eigenvalue weighted by atomic mass is 10.4. The van der Waals surface area contributed by atoms with Crippen LogP contribution in [0.25, 0.3) is 0 Å². The predicted molar refractivity (Wildman–Crippen MR) is 77.0 cm³/mol. The Hall–Kier alpha value is -1.53. The van der Waals surface area contributed by atoms with Gasteiger partial charge in [0.15, 0.2) is 5.82 Å². The number of nitrogens with one attached hydrogen (secondary N) is 2. The van der Waals surface area contributed by atoms with Gasteiger partial charge in [0.2, 0.25) is 0 Å². The van der Waals surface area contributed by atoms with Gasteiger partial charge in [-0.1, -0.05) is 23.2 Å². The largest absolute Gasteiger partial charge is 0.372 e. The van der Waals surface area contributed by atoms with Crippen LogP contribution in [0, 0.1) is 0 Å². The van der Waals surface area contributed by atoms with Crippen LogP contribution >= 0.6 is 23.2 Å². The van der Waals surface area contributed by atoms with E-state index in [4.69, 9.17) is 23.2 Å². The molecule has 2 aromatic heterocycles. The molecule has 0 saturated carbocycles. The molecule has 0 spiro atoms. The Morgan fingerprint density at radius 2 is 2.00 bits per heavy atom. The molecular formula is C11H14Cl2N6. The number of rotatable bonds is 5. The van der Waals surface area contributed by atoms with Gasteiger partial charge in [0.05, 0.1) is 10.0 Å². The fraction of sp³-hybridized carbons (Fsp3) is 0.364. The van der Waals surface area contributed by atoms with E-state index in [0.29, 0.717) is 34.6 Å². The molecule has 102 valence electrons. The molecule has 0 aromatic carbocycles. The minimum Gasteiger partial charge on any atom is -0.372 e. The maximum absolute atomic E-state index is 6.07. The van der Waals surface area contributed by atoms with Crippen LogP contribution in [-0.2, 0) is 13.5 Å². The van der Waals surface area contributed by atoms with Gasteiger partial charge in [-0.3, -0.25) is 4.68 Å². The number of halogens is 2. The molecule has 19 heavy (non-hydrogen) atoms. The SMILES string of the molecule is CNc1nc(NCCc2ncn(C)n2)c(Cl)cc1Cl. The molecular weight excluding hydrogens is 287 g/mol. The standard InChI is InChI=1S/C11H14Cl2N6/c1-14-10-7(12)5-8(13)11(17-10)15-4-3-9-16-6-19(2)18-9/h5-6H,3-4H2,1-2H3,(H2,14,15,17). The highest BCUT2D eigenvalue weighted by molar-refractivity contribution is 6.37. The summed E-state index contributed by atoms with van der Waals surface area (Å²) in [7, 11) is 3.59. The molecule has 8 heteroatoms. The summed E-state index contributed by atoms with van der Waals surface area (Å²) in [6.07, 6.45) is 2.36. The minimum atomic E-state index is 0.484. The van der Waals surface area contributed by atoms with E-state index in [9.17, 15) is 0 Å². The molecule has 2 rings (SSSR count). The van der Waals surface area contributed by atoms with Crippen molar-refractivity contribution in [1.82, 2.24) is 19.7 Å². The Bertz CT molecular complexity index is 568. The number of pyridine rings is 1. The Labute approximate surface area is 121 Å². The Morgan fingerprint density at radius 3 is 2.63 bits per heavy atom. The smallest absolute Gasteiger partial charge is 0.152 e. The summed E-state index contributed by atoms with van der Waals surface area (Å²) in [5, 5.41) is 11.2. The average molecular weight is 301 g/mol. The molecule has 2 heterocycles. The molecule has 2 aromatic rings. The summed E-state index contributed by atoms with van der Waals surface area (Å²) >= 11 is 12.0. The highest BCUT2D eigenvalue weighted by Crippen LogP contribution is 2.28. The fourth-order valence-corrected chi connectivity index (χ4v) is 2.08. The van der Waals surface area contributed by atoms with Gasteiger partial charge in [0.1, 0.15) is 18.0 Å². The first kappa shape index (κ1) is 13.9.